The molecular weight excluding hydrogens is 284 g/mol. The van der Waals surface area contributed by atoms with Crippen LogP contribution in [0.3, 0.4) is 0 Å². The van der Waals surface area contributed by atoms with Gasteiger partial charge in [0.2, 0.25) is 10.0 Å². The number of anilines is 1. The fourth-order valence-corrected chi connectivity index (χ4v) is 3.10. The van der Waals surface area contributed by atoms with E-state index in [1.165, 1.54) is 12.1 Å². The van der Waals surface area contributed by atoms with E-state index in [1.807, 2.05) is 0 Å². The lowest BCUT2D eigenvalue weighted by Crippen LogP contribution is -2.38. The molecule has 1 saturated heterocycles. The molecule has 0 aliphatic carbocycles. The van der Waals surface area contributed by atoms with Crippen LogP contribution in [0.2, 0.25) is 0 Å². The Morgan fingerprint density at radius 3 is 2.45 bits per heavy atom. The second-order valence-corrected chi connectivity index (χ2v) is 6.14. The van der Waals surface area contributed by atoms with E-state index in [1.54, 1.807) is 11.8 Å². The fourth-order valence-electron chi connectivity index (χ4n) is 2.24. The molecule has 0 radical (unpaired) electrons. The smallest absolute Gasteiger partial charge is 0.337 e. The lowest BCUT2D eigenvalue weighted by Gasteiger charge is -2.31. The molecule has 1 aliphatic heterocycles. The summed E-state index contributed by atoms with van der Waals surface area (Å²) in [4.78, 5) is 12.9. The number of hydrogen-bond acceptors (Lipinski definition) is 5. The predicted octanol–water partition coefficient (Wildman–Crippen LogP) is 0.177. The summed E-state index contributed by atoms with van der Waals surface area (Å²) in [7, 11) is -4.01. The zero-order valence-corrected chi connectivity index (χ0v) is 11.8. The third-order valence-corrected chi connectivity index (χ3v) is 4.01. The number of carboxylic acid groups (broad SMARTS) is 1. The molecule has 0 atom stereocenters. The van der Waals surface area contributed by atoms with Gasteiger partial charge < -0.3 is 14.7 Å². The maximum atomic E-state index is 11.8. The van der Waals surface area contributed by atoms with E-state index in [2.05, 4.69) is 0 Å². The molecular formula is C12H16N2O5S. The van der Waals surface area contributed by atoms with E-state index < -0.39 is 16.0 Å². The molecule has 0 amide bonds. The molecule has 1 aliphatic rings. The molecule has 0 saturated carbocycles. The highest BCUT2D eigenvalue weighted by Gasteiger charge is 2.27. The Kier molecular flexibility index (Phi) is 3.98. The van der Waals surface area contributed by atoms with Gasteiger partial charge in [0.1, 0.15) is 4.90 Å². The molecule has 20 heavy (non-hydrogen) atoms. The van der Waals surface area contributed by atoms with E-state index in [0.717, 1.165) is 0 Å². The van der Waals surface area contributed by atoms with Gasteiger partial charge in [0, 0.05) is 13.1 Å². The number of hydrogen-bond donors (Lipinski definition) is 2. The molecule has 2 rings (SSSR count). The first-order valence-corrected chi connectivity index (χ1v) is 7.59. The van der Waals surface area contributed by atoms with Crippen LogP contribution in [0, 0.1) is 6.92 Å². The summed E-state index contributed by atoms with van der Waals surface area (Å²) in [6.07, 6.45) is 0. The summed E-state index contributed by atoms with van der Waals surface area (Å²) in [5.74, 6) is -1.18. The largest absolute Gasteiger partial charge is 0.478 e. The summed E-state index contributed by atoms with van der Waals surface area (Å²) in [5, 5.41) is 14.5. The minimum absolute atomic E-state index is 0.0593. The van der Waals surface area contributed by atoms with Crippen LogP contribution in [-0.4, -0.2) is 45.8 Å². The highest BCUT2D eigenvalue weighted by Crippen LogP contribution is 2.31. The molecule has 1 heterocycles. The number of nitrogens with zero attached hydrogens (tertiary/aromatic N) is 1. The van der Waals surface area contributed by atoms with Crippen molar-refractivity contribution in [1.29, 1.82) is 0 Å². The summed E-state index contributed by atoms with van der Waals surface area (Å²) in [6, 6.07) is 2.84. The molecule has 0 unspecified atom stereocenters. The topological polar surface area (TPSA) is 110 Å². The van der Waals surface area contributed by atoms with Crippen molar-refractivity contribution in [3.63, 3.8) is 0 Å². The Labute approximate surface area is 117 Å². The predicted molar refractivity (Wildman–Crippen MR) is 72.5 cm³/mol. The van der Waals surface area contributed by atoms with Crippen LogP contribution in [0.15, 0.2) is 17.0 Å². The van der Waals surface area contributed by atoms with Crippen LogP contribution < -0.4 is 10.0 Å². The van der Waals surface area contributed by atoms with Gasteiger partial charge >= 0.3 is 5.97 Å². The van der Waals surface area contributed by atoms with Crippen molar-refractivity contribution in [2.45, 2.75) is 11.8 Å². The zero-order valence-electron chi connectivity index (χ0n) is 11.0. The number of ether oxygens (including phenoxy) is 1. The summed E-state index contributed by atoms with van der Waals surface area (Å²) < 4.78 is 28.7. The first kappa shape index (κ1) is 14.8. The zero-order chi connectivity index (χ0) is 14.9. The van der Waals surface area contributed by atoms with Gasteiger partial charge in [-0.05, 0) is 24.6 Å². The number of aryl methyl sites for hydroxylation is 1. The van der Waals surface area contributed by atoms with Crippen LogP contribution in [0.5, 0.6) is 0 Å². The number of rotatable bonds is 3. The first-order valence-electron chi connectivity index (χ1n) is 6.04. The average molecular weight is 300 g/mol. The van der Waals surface area contributed by atoms with Crippen molar-refractivity contribution in [2.75, 3.05) is 31.2 Å². The molecule has 0 aromatic heterocycles. The van der Waals surface area contributed by atoms with E-state index in [4.69, 9.17) is 9.88 Å². The van der Waals surface area contributed by atoms with E-state index in [0.29, 0.717) is 31.9 Å². The number of aromatic carboxylic acids is 1. The van der Waals surface area contributed by atoms with Gasteiger partial charge in [-0.3, -0.25) is 0 Å². The second kappa shape index (κ2) is 5.39. The number of morpholine rings is 1. The van der Waals surface area contributed by atoms with E-state index in [9.17, 15) is 18.3 Å². The monoisotopic (exact) mass is 300 g/mol. The highest BCUT2D eigenvalue weighted by atomic mass is 32.2. The SMILES string of the molecule is Cc1cc(C(=O)O)c(N2CCOCC2)c(S(N)(=O)=O)c1. The average Bonchev–Trinajstić information content (AvgIpc) is 2.37. The molecule has 1 aromatic carbocycles. The number of nitrogens with two attached hydrogens (primary N) is 1. The van der Waals surface area contributed by atoms with Crippen LogP contribution in [0.25, 0.3) is 0 Å². The Balaban J connectivity index is 2.69. The molecule has 1 fully saturated rings. The summed E-state index contributed by atoms with van der Waals surface area (Å²) in [5.41, 5.74) is 0.619. The minimum Gasteiger partial charge on any atom is -0.478 e. The Hall–Kier alpha value is -1.64. The molecule has 3 N–H and O–H groups in total. The molecule has 0 spiro atoms. The standard InChI is InChI=1S/C12H16N2O5S/c1-8-6-9(12(15)16)11(10(7-8)20(13,17)18)14-2-4-19-5-3-14/h6-7H,2-5H2,1H3,(H,15,16)(H2,13,17,18). The Bertz CT molecular complexity index is 635. The van der Waals surface area contributed by atoms with Crippen LogP contribution >= 0.6 is 0 Å². The molecule has 110 valence electrons. The summed E-state index contributed by atoms with van der Waals surface area (Å²) >= 11 is 0. The van der Waals surface area contributed by atoms with Gasteiger partial charge in [0.15, 0.2) is 0 Å². The number of carboxylic acids is 1. The van der Waals surface area contributed by atoms with Crippen LogP contribution in [0.4, 0.5) is 5.69 Å². The maximum Gasteiger partial charge on any atom is 0.337 e. The van der Waals surface area contributed by atoms with Crippen molar-refractivity contribution in [1.82, 2.24) is 0 Å². The van der Waals surface area contributed by atoms with Crippen molar-refractivity contribution < 1.29 is 23.1 Å². The number of primary sulfonamides is 1. The van der Waals surface area contributed by atoms with E-state index >= 15 is 0 Å². The number of benzene rings is 1. The quantitative estimate of drug-likeness (QED) is 0.824. The fraction of sp³-hybridized carbons (Fsp3) is 0.417. The summed E-state index contributed by atoms with van der Waals surface area (Å²) in [6.45, 7) is 3.30. The first-order chi connectivity index (χ1) is 9.30. The van der Waals surface area contributed by atoms with Crippen molar-refractivity contribution in [3.8, 4) is 0 Å². The van der Waals surface area contributed by atoms with Crippen molar-refractivity contribution in [2.24, 2.45) is 5.14 Å². The Morgan fingerprint density at radius 1 is 1.35 bits per heavy atom. The van der Waals surface area contributed by atoms with Gasteiger partial charge in [0.05, 0.1) is 24.5 Å². The highest BCUT2D eigenvalue weighted by molar-refractivity contribution is 7.89. The van der Waals surface area contributed by atoms with Gasteiger partial charge in [-0.25, -0.2) is 18.4 Å². The lowest BCUT2D eigenvalue weighted by molar-refractivity contribution is 0.0696. The van der Waals surface area contributed by atoms with Crippen molar-refractivity contribution in [3.05, 3.63) is 23.3 Å². The van der Waals surface area contributed by atoms with Gasteiger partial charge in [-0.2, -0.15) is 0 Å². The normalized spacial score (nSPS) is 16.2. The van der Waals surface area contributed by atoms with Crippen LogP contribution in [-0.2, 0) is 14.8 Å². The third kappa shape index (κ3) is 2.92. The second-order valence-electron chi connectivity index (χ2n) is 4.61. The maximum absolute atomic E-state index is 11.8. The molecule has 8 heteroatoms. The number of carbonyl (C=O) groups is 1. The third-order valence-electron chi connectivity index (χ3n) is 3.08. The molecule has 1 aromatic rings. The molecule has 0 bridgehead atoms. The lowest BCUT2D eigenvalue weighted by atomic mass is 10.1. The molecule has 7 nitrogen and oxygen atoms in total. The van der Waals surface area contributed by atoms with E-state index in [-0.39, 0.29) is 16.1 Å². The van der Waals surface area contributed by atoms with Crippen LogP contribution in [0.1, 0.15) is 15.9 Å². The van der Waals surface area contributed by atoms with Gasteiger partial charge in [0.25, 0.3) is 0 Å². The van der Waals surface area contributed by atoms with Crippen molar-refractivity contribution >= 4 is 21.7 Å². The van der Waals surface area contributed by atoms with Gasteiger partial charge in [-0.15, -0.1) is 0 Å². The van der Waals surface area contributed by atoms with Gasteiger partial charge in [-0.1, -0.05) is 0 Å². The Morgan fingerprint density at radius 2 is 1.95 bits per heavy atom. The number of sulfonamides is 1. The minimum atomic E-state index is -4.01.